The molecular weight excluding hydrogens is 623 g/mol. The quantitative estimate of drug-likeness (QED) is 0.129. The number of ether oxygens (including phenoxy) is 3. The maximum atomic E-state index is 12.3. The highest BCUT2D eigenvalue weighted by Gasteiger charge is 2.37. The molecule has 0 radical (unpaired) electrons. The molecule has 5 N–H and O–H groups in total. The number of hydrogen-bond acceptors (Lipinski definition) is 11. The second kappa shape index (κ2) is 13.4. The smallest absolute Gasteiger partial charge is 0.335 e. The van der Waals surface area contributed by atoms with Gasteiger partial charge in [-0.25, -0.2) is 14.4 Å². The van der Waals surface area contributed by atoms with E-state index in [1.165, 1.54) is 12.4 Å². The molecule has 0 saturated carbocycles. The Bertz CT molecular complexity index is 1340. The van der Waals surface area contributed by atoms with E-state index in [-0.39, 0.29) is 22.8 Å². The Labute approximate surface area is 228 Å². The van der Waals surface area contributed by atoms with Gasteiger partial charge in [-0.1, -0.05) is 6.92 Å². The molecule has 210 valence electrons. The van der Waals surface area contributed by atoms with Crippen molar-refractivity contribution in [3.63, 3.8) is 0 Å². The number of rotatable bonds is 12. The topological polar surface area (TPSA) is 215 Å². The average molecular weight is 652 g/mol. The highest BCUT2D eigenvalue weighted by atomic mass is 127. The largest absolute Gasteiger partial charge is 0.461 e. The summed E-state index contributed by atoms with van der Waals surface area (Å²) in [6.07, 6.45) is -3.31. The number of aliphatic hydroxyl groups is 3. The molecule has 0 amide bonds. The first-order valence-electron chi connectivity index (χ1n) is 11.8. The first-order chi connectivity index (χ1) is 18.0. The van der Waals surface area contributed by atoms with Crippen LogP contribution in [-0.4, -0.2) is 78.0 Å². The summed E-state index contributed by atoms with van der Waals surface area (Å²) in [5, 5.41) is 30.2. The molecule has 0 bridgehead atoms. The van der Waals surface area contributed by atoms with Crippen LogP contribution in [0, 0.1) is 3.57 Å². The summed E-state index contributed by atoms with van der Waals surface area (Å²) in [6.45, 7) is 0.889. The van der Waals surface area contributed by atoms with Crippen LogP contribution in [0.15, 0.2) is 37.6 Å². The molecular formula is C22H29IN4O11. The molecule has 2 aromatic heterocycles. The molecule has 6 unspecified atom stereocenters. The number of carbonyl (C=O) groups is 1. The molecule has 1 aliphatic rings. The molecule has 1 aliphatic heterocycles. The van der Waals surface area contributed by atoms with Crippen molar-refractivity contribution in [2.75, 3.05) is 13.2 Å². The van der Waals surface area contributed by atoms with E-state index in [1.54, 1.807) is 29.5 Å². The van der Waals surface area contributed by atoms with E-state index in [1.807, 2.05) is 0 Å². The van der Waals surface area contributed by atoms with Gasteiger partial charge in [0.25, 0.3) is 11.1 Å². The third kappa shape index (κ3) is 7.48. The van der Waals surface area contributed by atoms with Crippen molar-refractivity contribution >= 4 is 28.6 Å². The summed E-state index contributed by atoms with van der Waals surface area (Å²) >= 11 is 1.75. The molecule has 3 heterocycles. The molecule has 1 saturated heterocycles. The molecule has 0 aliphatic carbocycles. The van der Waals surface area contributed by atoms with E-state index in [4.69, 9.17) is 14.2 Å². The molecule has 1 fully saturated rings. The van der Waals surface area contributed by atoms with Crippen LogP contribution in [-0.2, 0) is 19.0 Å². The molecule has 38 heavy (non-hydrogen) atoms. The lowest BCUT2D eigenvalue weighted by Gasteiger charge is -2.24. The van der Waals surface area contributed by atoms with Crippen LogP contribution in [0.3, 0.4) is 0 Å². The zero-order chi connectivity index (χ0) is 28.0. The van der Waals surface area contributed by atoms with E-state index >= 15 is 0 Å². The Morgan fingerprint density at radius 3 is 2.63 bits per heavy atom. The van der Waals surface area contributed by atoms with Crippen LogP contribution in [0.25, 0.3) is 0 Å². The Morgan fingerprint density at radius 2 is 1.97 bits per heavy atom. The maximum absolute atomic E-state index is 12.3. The van der Waals surface area contributed by atoms with E-state index < -0.39 is 78.6 Å². The number of aromatic amines is 2. The van der Waals surface area contributed by atoms with Gasteiger partial charge in [0.05, 0.1) is 22.4 Å². The van der Waals surface area contributed by atoms with Crippen molar-refractivity contribution in [3.05, 3.63) is 63.7 Å². The van der Waals surface area contributed by atoms with Crippen LogP contribution in [0.1, 0.15) is 45.1 Å². The summed E-state index contributed by atoms with van der Waals surface area (Å²) in [7, 11) is 0. The number of aliphatic hydroxyl groups excluding tert-OH is 3. The minimum absolute atomic E-state index is 0.0132. The fourth-order valence-corrected chi connectivity index (χ4v) is 4.30. The van der Waals surface area contributed by atoms with Crippen LogP contribution in [0.2, 0.25) is 0 Å². The lowest BCUT2D eigenvalue weighted by molar-refractivity contribution is -0.161. The molecule has 6 atom stereocenters. The van der Waals surface area contributed by atoms with Gasteiger partial charge in [0.15, 0.2) is 6.10 Å². The number of nitrogens with one attached hydrogen (secondary N) is 2. The Hall–Kier alpha value is -2.64. The number of nitrogens with zero attached hydrogens (tertiary/aromatic N) is 2. The van der Waals surface area contributed by atoms with E-state index in [0.29, 0.717) is 6.42 Å². The zero-order valence-electron chi connectivity index (χ0n) is 20.3. The van der Waals surface area contributed by atoms with Crippen molar-refractivity contribution in [3.8, 4) is 0 Å². The highest BCUT2D eigenvalue weighted by Crippen LogP contribution is 2.28. The first-order valence-corrected chi connectivity index (χ1v) is 12.9. The van der Waals surface area contributed by atoms with Crippen molar-refractivity contribution in [1.29, 1.82) is 0 Å². The van der Waals surface area contributed by atoms with Gasteiger partial charge >= 0.3 is 17.3 Å². The highest BCUT2D eigenvalue weighted by molar-refractivity contribution is 14.1. The van der Waals surface area contributed by atoms with E-state index in [0.717, 1.165) is 15.2 Å². The van der Waals surface area contributed by atoms with Gasteiger partial charge in [0, 0.05) is 24.9 Å². The van der Waals surface area contributed by atoms with Crippen molar-refractivity contribution in [1.82, 2.24) is 19.1 Å². The first kappa shape index (κ1) is 29.9. The van der Waals surface area contributed by atoms with Gasteiger partial charge in [-0.05, 0) is 41.9 Å². The van der Waals surface area contributed by atoms with Gasteiger partial charge in [0.1, 0.15) is 25.2 Å². The number of aromatic nitrogens is 4. The third-order valence-corrected chi connectivity index (χ3v) is 6.69. The number of carbonyl (C=O) groups excluding carboxylic acids is 1. The fourth-order valence-electron chi connectivity index (χ4n) is 3.87. The minimum atomic E-state index is -1.57. The number of halogens is 1. The molecule has 0 spiro atoms. The lowest BCUT2D eigenvalue weighted by atomic mass is 10.1. The standard InChI is InChI=1S/C22H29IN4O11/c1-2-17(26-6-5-16(31)24-21(26)34)37-11(9-28)3-4-13(29)20(33)36-10-15-14(30)7-18(38-15)27-8-12(23)19(32)25-22(27)35/h5-6,8,11,13-15,17-18,28-30H,2-4,7,9-10H2,1H3,(H,24,31,34)(H,25,32,35). The SMILES string of the molecule is CCC(OC(CO)CCC(O)C(=O)OCC1OC(n2cc(I)c(=O)[nH]c2=O)CC1O)n1ccc(=O)[nH]c1=O. The predicted molar refractivity (Wildman–Crippen MR) is 137 cm³/mol. The monoisotopic (exact) mass is 652 g/mol. The minimum Gasteiger partial charge on any atom is -0.461 e. The Morgan fingerprint density at radius 1 is 1.24 bits per heavy atom. The summed E-state index contributed by atoms with van der Waals surface area (Å²) < 4.78 is 19.0. The van der Waals surface area contributed by atoms with E-state index in [2.05, 4.69) is 9.97 Å². The van der Waals surface area contributed by atoms with Crippen LogP contribution in [0.4, 0.5) is 0 Å². The van der Waals surface area contributed by atoms with Crippen molar-refractivity contribution < 1.29 is 34.3 Å². The fraction of sp³-hybridized carbons (Fsp3) is 0.591. The van der Waals surface area contributed by atoms with Crippen LogP contribution in [0.5, 0.6) is 0 Å². The number of esters is 1. The normalized spacial score (nSPS) is 21.7. The molecule has 2 aromatic rings. The van der Waals surface area contributed by atoms with Gasteiger partial charge in [-0.3, -0.25) is 28.7 Å². The summed E-state index contributed by atoms with van der Waals surface area (Å²) in [5.41, 5.74) is -2.50. The van der Waals surface area contributed by atoms with Gasteiger partial charge in [0.2, 0.25) is 0 Å². The van der Waals surface area contributed by atoms with Crippen molar-refractivity contribution in [2.24, 2.45) is 0 Å². The predicted octanol–water partition coefficient (Wildman–Crippen LogP) is -1.69. The molecule has 15 nitrogen and oxygen atoms in total. The van der Waals surface area contributed by atoms with Crippen molar-refractivity contribution in [2.45, 2.75) is 69.5 Å². The van der Waals surface area contributed by atoms with Crippen LogP contribution >= 0.6 is 22.6 Å². The average Bonchev–Trinajstić information content (AvgIpc) is 3.25. The summed E-state index contributed by atoms with van der Waals surface area (Å²) in [5.74, 6) is -0.986. The Kier molecular flexibility index (Phi) is 10.6. The molecule has 0 aromatic carbocycles. The second-order valence-electron chi connectivity index (χ2n) is 8.62. The number of H-pyrrole nitrogens is 2. The molecule has 16 heteroatoms. The van der Waals surface area contributed by atoms with Gasteiger partial charge in [-0.15, -0.1) is 0 Å². The number of hydrogen-bond donors (Lipinski definition) is 5. The summed E-state index contributed by atoms with van der Waals surface area (Å²) in [6, 6.07) is 1.16. The molecule has 3 rings (SSSR count). The third-order valence-electron chi connectivity index (χ3n) is 5.93. The summed E-state index contributed by atoms with van der Waals surface area (Å²) in [4.78, 5) is 63.5. The van der Waals surface area contributed by atoms with E-state index in [9.17, 15) is 39.3 Å². The second-order valence-corrected chi connectivity index (χ2v) is 9.78. The maximum Gasteiger partial charge on any atom is 0.335 e. The zero-order valence-corrected chi connectivity index (χ0v) is 22.5. The Balaban J connectivity index is 1.50. The lowest BCUT2D eigenvalue weighted by Crippen LogP contribution is -2.35. The van der Waals surface area contributed by atoms with Gasteiger partial charge < -0.3 is 29.5 Å². The van der Waals surface area contributed by atoms with Crippen LogP contribution < -0.4 is 22.5 Å². The van der Waals surface area contributed by atoms with Gasteiger partial charge in [-0.2, -0.15) is 0 Å².